The molecule has 160 valence electrons. The van der Waals surface area contributed by atoms with Crippen LogP contribution >= 0.6 is 0 Å². The van der Waals surface area contributed by atoms with Crippen molar-refractivity contribution in [1.82, 2.24) is 9.97 Å². The molecule has 6 nitrogen and oxygen atoms in total. The number of aromatic nitrogens is 2. The number of benzene rings is 1. The first kappa shape index (κ1) is 21.9. The van der Waals surface area contributed by atoms with E-state index in [1.165, 1.54) is 12.3 Å². The predicted molar refractivity (Wildman–Crippen MR) is 114 cm³/mol. The van der Waals surface area contributed by atoms with Crippen LogP contribution < -0.4 is 11.5 Å². The van der Waals surface area contributed by atoms with Crippen molar-refractivity contribution in [3.05, 3.63) is 84.2 Å². The number of nitrogens with two attached hydrogens (primary N) is 2. The maximum absolute atomic E-state index is 13.6. The van der Waals surface area contributed by atoms with E-state index in [0.717, 1.165) is 30.5 Å². The second-order valence-corrected chi connectivity index (χ2v) is 7.21. The van der Waals surface area contributed by atoms with Crippen LogP contribution in [0.4, 0.5) is 13.2 Å². The van der Waals surface area contributed by atoms with Crippen LogP contribution in [0.25, 0.3) is 11.1 Å². The van der Waals surface area contributed by atoms with Gasteiger partial charge in [0, 0.05) is 24.2 Å². The number of nitrogens with zero attached hydrogens (tertiary/aromatic N) is 4. The summed E-state index contributed by atoms with van der Waals surface area (Å²) in [7, 11) is 0. The Morgan fingerprint density at radius 1 is 0.871 bits per heavy atom. The molecule has 0 amide bonds. The van der Waals surface area contributed by atoms with E-state index in [9.17, 15) is 13.2 Å². The van der Waals surface area contributed by atoms with Gasteiger partial charge in [0.1, 0.15) is 11.7 Å². The van der Waals surface area contributed by atoms with E-state index in [2.05, 4.69) is 20.0 Å². The van der Waals surface area contributed by atoms with Gasteiger partial charge in [-0.15, -0.1) is 0 Å². The third-order valence-electron chi connectivity index (χ3n) is 4.30. The predicted octanol–water partition coefficient (Wildman–Crippen LogP) is 3.87. The fourth-order valence-corrected chi connectivity index (χ4v) is 3.14. The minimum Gasteiger partial charge on any atom is -0.384 e. The van der Waals surface area contributed by atoms with Crippen LogP contribution in [-0.2, 0) is 5.54 Å². The van der Waals surface area contributed by atoms with Gasteiger partial charge in [-0.25, -0.2) is 18.2 Å². The van der Waals surface area contributed by atoms with Crippen LogP contribution in [0, 0.1) is 5.82 Å². The van der Waals surface area contributed by atoms with Gasteiger partial charge in [0.15, 0.2) is 5.54 Å². The first-order valence-electron chi connectivity index (χ1n) is 9.29. The molecule has 3 aromatic rings. The summed E-state index contributed by atoms with van der Waals surface area (Å²) in [5.41, 5.74) is 14.1. The zero-order chi connectivity index (χ0) is 22.6. The molecule has 0 bridgehead atoms. The van der Waals surface area contributed by atoms with Crippen molar-refractivity contribution in [2.75, 3.05) is 0 Å². The molecule has 3 heterocycles. The van der Waals surface area contributed by atoms with E-state index in [1.54, 1.807) is 18.6 Å². The number of alkyl halides is 2. The number of guanidine groups is 1. The summed E-state index contributed by atoms with van der Waals surface area (Å²) in [6, 6.07) is 12.6. The van der Waals surface area contributed by atoms with Gasteiger partial charge in [-0.1, -0.05) is 18.2 Å². The molecule has 0 saturated carbocycles. The highest BCUT2D eigenvalue weighted by Crippen LogP contribution is 2.38. The smallest absolute Gasteiger partial charge is 0.242 e. The highest BCUT2D eigenvalue weighted by Gasteiger charge is 2.42. The lowest BCUT2D eigenvalue weighted by atomic mass is 9.82. The van der Waals surface area contributed by atoms with Gasteiger partial charge in [0.25, 0.3) is 0 Å². The number of hydrogen-bond donors (Lipinski definition) is 2. The first-order chi connectivity index (χ1) is 14.6. The fourth-order valence-electron chi connectivity index (χ4n) is 3.14. The quantitative estimate of drug-likeness (QED) is 0.664. The Hall–Kier alpha value is -3.75. The summed E-state index contributed by atoms with van der Waals surface area (Å²) in [6.07, 6.45) is 6.09. The first-order valence-corrected chi connectivity index (χ1v) is 9.29. The molecular weight excluding hydrogens is 405 g/mol. The van der Waals surface area contributed by atoms with E-state index in [-0.39, 0.29) is 11.8 Å². The SMILES string of the molecule is CC(C)(F)F.NC1=NC(c2ccncc2)(c2cccc(-c3cncc(F)c3)c2)C(N)=N1. The lowest BCUT2D eigenvalue weighted by molar-refractivity contribution is 0.0437. The fraction of sp³-hybridized carbons (Fsp3) is 0.182. The van der Waals surface area contributed by atoms with E-state index in [0.29, 0.717) is 5.56 Å². The summed E-state index contributed by atoms with van der Waals surface area (Å²) in [5.74, 6) is -2.52. The lowest BCUT2D eigenvalue weighted by Gasteiger charge is -2.27. The zero-order valence-corrected chi connectivity index (χ0v) is 16.9. The summed E-state index contributed by atoms with van der Waals surface area (Å²) in [4.78, 5) is 16.6. The average Bonchev–Trinajstić information content (AvgIpc) is 3.02. The molecule has 1 unspecified atom stereocenters. The highest BCUT2D eigenvalue weighted by atomic mass is 19.3. The summed E-state index contributed by atoms with van der Waals surface area (Å²) in [6.45, 7) is 1.71. The second-order valence-electron chi connectivity index (χ2n) is 7.21. The van der Waals surface area contributed by atoms with Gasteiger partial charge in [-0.05, 0) is 54.8 Å². The normalized spacial score (nSPS) is 18.0. The number of hydrogen-bond acceptors (Lipinski definition) is 6. The molecule has 9 heteroatoms. The number of amidine groups is 1. The van der Waals surface area contributed by atoms with Crippen LogP contribution in [-0.4, -0.2) is 27.7 Å². The van der Waals surface area contributed by atoms with Crippen molar-refractivity contribution in [2.45, 2.75) is 25.3 Å². The molecule has 1 atom stereocenters. The van der Waals surface area contributed by atoms with Crippen molar-refractivity contribution in [3.8, 4) is 11.1 Å². The Bertz CT molecular complexity index is 1120. The minimum atomic E-state index is -2.50. The molecule has 1 aliphatic rings. The van der Waals surface area contributed by atoms with Crippen molar-refractivity contribution in [3.63, 3.8) is 0 Å². The molecule has 31 heavy (non-hydrogen) atoms. The van der Waals surface area contributed by atoms with Crippen LogP contribution in [0.15, 0.2) is 77.2 Å². The van der Waals surface area contributed by atoms with Gasteiger partial charge in [-0.3, -0.25) is 9.97 Å². The largest absolute Gasteiger partial charge is 0.384 e. The maximum atomic E-state index is 13.6. The Morgan fingerprint density at radius 3 is 2.13 bits per heavy atom. The number of rotatable bonds is 3. The monoisotopic (exact) mass is 426 g/mol. The Balaban J connectivity index is 0.000000491. The summed E-state index contributed by atoms with van der Waals surface area (Å²) < 4.78 is 35.6. The average molecular weight is 426 g/mol. The summed E-state index contributed by atoms with van der Waals surface area (Å²) in [5, 5.41) is 0. The second kappa shape index (κ2) is 8.55. The number of halogens is 3. The lowest BCUT2D eigenvalue weighted by Crippen LogP contribution is -2.38. The van der Waals surface area contributed by atoms with Gasteiger partial charge in [0.05, 0.1) is 6.20 Å². The third kappa shape index (κ3) is 5.06. The molecule has 0 saturated heterocycles. The van der Waals surface area contributed by atoms with Crippen molar-refractivity contribution >= 4 is 11.8 Å². The van der Waals surface area contributed by atoms with E-state index in [1.807, 2.05) is 36.4 Å². The molecule has 4 rings (SSSR count). The van der Waals surface area contributed by atoms with Crippen LogP contribution in [0.2, 0.25) is 0 Å². The van der Waals surface area contributed by atoms with Crippen molar-refractivity contribution in [2.24, 2.45) is 21.5 Å². The molecule has 1 aliphatic heterocycles. The zero-order valence-electron chi connectivity index (χ0n) is 16.9. The minimum absolute atomic E-state index is 0.108. The number of pyridine rings is 2. The van der Waals surface area contributed by atoms with Crippen molar-refractivity contribution in [1.29, 1.82) is 0 Å². The molecule has 0 aliphatic carbocycles. The molecule has 0 spiro atoms. The van der Waals surface area contributed by atoms with E-state index < -0.39 is 17.3 Å². The van der Waals surface area contributed by atoms with Crippen LogP contribution in [0.3, 0.4) is 0 Å². The van der Waals surface area contributed by atoms with Gasteiger partial charge in [-0.2, -0.15) is 4.99 Å². The molecule has 0 fully saturated rings. The molecule has 0 radical (unpaired) electrons. The Labute approximate surface area is 177 Å². The number of aliphatic imine (C=N–C) groups is 2. The third-order valence-corrected chi connectivity index (χ3v) is 4.30. The molecule has 2 aromatic heterocycles. The highest BCUT2D eigenvalue weighted by molar-refractivity contribution is 6.08. The van der Waals surface area contributed by atoms with Crippen LogP contribution in [0.1, 0.15) is 25.0 Å². The van der Waals surface area contributed by atoms with Crippen LogP contribution in [0.5, 0.6) is 0 Å². The topological polar surface area (TPSA) is 103 Å². The molecule has 4 N–H and O–H groups in total. The molecule has 1 aromatic carbocycles. The Morgan fingerprint density at radius 2 is 1.55 bits per heavy atom. The van der Waals surface area contributed by atoms with Crippen molar-refractivity contribution < 1.29 is 13.2 Å². The Kier molecular flexibility index (Phi) is 6.05. The van der Waals surface area contributed by atoms with Gasteiger partial charge in [0.2, 0.25) is 11.9 Å². The van der Waals surface area contributed by atoms with E-state index >= 15 is 0 Å². The summed E-state index contributed by atoms with van der Waals surface area (Å²) >= 11 is 0. The maximum Gasteiger partial charge on any atom is 0.242 e. The van der Waals surface area contributed by atoms with E-state index in [4.69, 9.17) is 11.5 Å². The van der Waals surface area contributed by atoms with Gasteiger partial charge >= 0.3 is 0 Å². The standard InChI is InChI=1S/C19H15FN6.C3H6F2/c20-16-9-13(10-24-11-16)12-2-1-3-15(8-12)19(14-4-6-23-7-5-14)17(21)25-18(22)26-19;1-3(2,4)5/h1-11H,(H4,21,22,25,26);1-2H3. The van der Waals surface area contributed by atoms with Gasteiger partial charge < -0.3 is 11.5 Å². The molecular formula is C22H21F3N6.